The highest BCUT2D eigenvalue weighted by Crippen LogP contribution is 2.28. The Labute approximate surface area is 121 Å². The van der Waals surface area contributed by atoms with Crippen molar-refractivity contribution in [3.63, 3.8) is 0 Å². The monoisotopic (exact) mass is 295 g/mol. The minimum atomic E-state index is -0.466. The SMILES string of the molecule is Cn1ccnc1CCOc1ccc(CCl)cc1[N+](=O)[O-]. The third kappa shape index (κ3) is 3.27. The van der Waals surface area contributed by atoms with Crippen LogP contribution in [0.25, 0.3) is 0 Å². The van der Waals surface area contributed by atoms with E-state index in [0.29, 0.717) is 18.6 Å². The number of benzene rings is 1. The van der Waals surface area contributed by atoms with Gasteiger partial charge in [-0.05, 0) is 11.6 Å². The first kappa shape index (κ1) is 14.3. The Morgan fingerprint density at radius 3 is 2.90 bits per heavy atom. The number of rotatable bonds is 6. The number of aromatic nitrogens is 2. The highest BCUT2D eigenvalue weighted by Gasteiger charge is 2.16. The number of alkyl halides is 1. The molecule has 0 atom stereocenters. The molecular weight excluding hydrogens is 282 g/mol. The minimum absolute atomic E-state index is 0.0667. The van der Waals surface area contributed by atoms with Crippen molar-refractivity contribution in [2.75, 3.05) is 6.61 Å². The van der Waals surface area contributed by atoms with Crippen molar-refractivity contribution >= 4 is 17.3 Å². The Kier molecular flexibility index (Phi) is 4.57. The van der Waals surface area contributed by atoms with Crippen LogP contribution in [-0.2, 0) is 19.3 Å². The number of nitro groups is 1. The Morgan fingerprint density at radius 2 is 2.30 bits per heavy atom. The Hall–Kier alpha value is -2.08. The van der Waals surface area contributed by atoms with Gasteiger partial charge in [0.15, 0.2) is 5.75 Å². The van der Waals surface area contributed by atoms with Crippen LogP contribution in [0.4, 0.5) is 5.69 Å². The molecule has 106 valence electrons. The van der Waals surface area contributed by atoms with Crippen LogP contribution in [0, 0.1) is 10.1 Å². The van der Waals surface area contributed by atoms with E-state index in [2.05, 4.69) is 4.98 Å². The molecule has 0 spiro atoms. The lowest BCUT2D eigenvalue weighted by Crippen LogP contribution is -2.07. The van der Waals surface area contributed by atoms with Gasteiger partial charge in [0.2, 0.25) is 0 Å². The van der Waals surface area contributed by atoms with Gasteiger partial charge in [0.1, 0.15) is 5.82 Å². The molecule has 0 saturated carbocycles. The Morgan fingerprint density at radius 1 is 1.50 bits per heavy atom. The predicted octanol–water partition coefficient (Wildman–Crippen LogP) is 2.69. The van der Waals surface area contributed by atoms with Crippen molar-refractivity contribution in [1.82, 2.24) is 9.55 Å². The summed E-state index contributed by atoms with van der Waals surface area (Å²) in [5.74, 6) is 1.34. The molecule has 0 aliphatic heterocycles. The number of hydrogen-bond donors (Lipinski definition) is 0. The normalized spacial score (nSPS) is 10.5. The second kappa shape index (κ2) is 6.38. The van der Waals surface area contributed by atoms with Crippen molar-refractivity contribution in [2.24, 2.45) is 7.05 Å². The van der Waals surface area contributed by atoms with Crippen molar-refractivity contribution in [3.8, 4) is 5.75 Å². The zero-order valence-electron chi connectivity index (χ0n) is 11.0. The second-order valence-electron chi connectivity index (χ2n) is 4.25. The zero-order chi connectivity index (χ0) is 14.5. The number of nitro benzene ring substituents is 1. The number of halogens is 1. The highest BCUT2D eigenvalue weighted by molar-refractivity contribution is 6.17. The van der Waals surface area contributed by atoms with Gasteiger partial charge in [-0.1, -0.05) is 6.07 Å². The van der Waals surface area contributed by atoms with E-state index in [9.17, 15) is 10.1 Å². The molecule has 0 saturated heterocycles. The molecule has 0 bridgehead atoms. The lowest BCUT2D eigenvalue weighted by Gasteiger charge is -2.07. The van der Waals surface area contributed by atoms with Gasteiger partial charge in [-0.15, -0.1) is 11.6 Å². The van der Waals surface area contributed by atoms with Crippen molar-refractivity contribution in [1.29, 1.82) is 0 Å². The van der Waals surface area contributed by atoms with E-state index in [4.69, 9.17) is 16.3 Å². The summed E-state index contributed by atoms with van der Waals surface area (Å²) in [6.45, 7) is 0.325. The second-order valence-corrected chi connectivity index (χ2v) is 4.51. The number of hydrogen-bond acceptors (Lipinski definition) is 4. The third-order valence-electron chi connectivity index (χ3n) is 2.88. The quantitative estimate of drug-likeness (QED) is 0.467. The van der Waals surface area contributed by atoms with E-state index < -0.39 is 4.92 Å². The fourth-order valence-corrected chi connectivity index (χ4v) is 1.97. The average molecular weight is 296 g/mol. The summed E-state index contributed by atoms with van der Waals surface area (Å²) in [4.78, 5) is 14.7. The maximum atomic E-state index is 11.0. The van der Waals surface area contributed by atoms with E-state index in [1.165, 1.54) is 6.07 Å². The van der Waals surface area contributed by atoms with Gasteiger partial charge in [0, 0.05) is 37.8 Å². The first-order chi connectivity index (χ1) is 9.61. The van der Waals surface area contributed by atoms with Crippen LogP contribution < -0.4 is 4.74 Å². The predicted molar refractivity (Wildman–Crippen MR) is 75.1 cm³/mol. The lowest BCUT2D eigenvalue weighted by atomic mass is 10.2. The molecule has 0 fully saturated rings. The van der Waals surface area contributed by atoms with Gasteiger partial charge in [-0.25, -0.2) is 4.98 Å². The van der Waals surface area contributed by atoms with Crippen LogP contribution >= 0.6 is 11.6 Å². The highest BCUT2D eigenvalue weighted by atomic mass is 35.5. The number of aryl methyl sites for hydroxylation is 1. The van der Waals surface area contributed by atoms with Gasteiger partial charge >= 0.3 is 5.69 Å². The maximum absolute atomic E-state index is 11.0. The fraction of sp³-hybridized carbons (Fsp3) is 0.308. The standard InChI is InChI=1S/C13H14ClN3O3/c1-16-6-5-15-13(16)4-7-20-12-3-2-10(9-14)8-11(12)17(18)19/h2-3,5-6,8H,4,7,9H2,1H3. The van der Waals surface area contributed by atoms with Crippen LogP contribution in [0.5, 0.6) is 5.75 Å². The van der Waals surface area contributed by atoms with Gasteiger partial charge in [-0.2, -0.15) is 0 Å². The molecule has 0 unspecified atom stereocenters. The Balaban J connectivity index is 2.05. The molecule has 0 aliphatic carbocycles. The number of ether oxygens (including phenoxy) is 1. The molecule has 2 rings (SSSR count). The molecule has 1 aromatic heterocycles. The fourth-order valence-electron chi connectivity index (χ4n) is 1.80. The van der Waals surface area contributed by atoms with E-state index in [1.54, 1.807) is 18.3 Å². The van der Waals surface area contributed by atoms with E-state index in [0.717, 1.165) is 5.82 Å². The largest absolute Gasteiger partial charge is 0.486 e. The van der Waals surface area contributed by atoms with Crippen LogP contribution in [-0.4, -0.2) is 21.1 Å². The zero-order valence-corrected chi connectivity index (χ0v) is 11.7. The molecule has 0 N–H and O–H groups in total. The number of nitrogens with zero attached hydrogens (tertiary/aromatic N) is 3. The van der Waals surface area contributed by atoms with E-state index >= 15 is 0 Å². The molecule has 2 aromatic rings. The van der Waals surface area contributed by atoms with Crippen molar-refractivity contribution in [3.05, 3.63) is 52.1 Å². The van der Waals surface area contributed by atoms with Crippen LogP contribution in [0.1, 0.15) is 11.4 Å². The topological polar surface area (TPSA) is 70.2 Å². The summed E-state index contributed by atoms with van der Waals surface area (Å²) >= 11 is 5.67. The van der Waals surface area contributed by atoms with Gasteiger partial charge < -0.3 is 9.30 Å². The molecule has 0 amide bonds. The molecule has 20 heavy (non-hydrogen) atoms. The third-order valence-corrected chi connectivity index (χ3v) is 3.19. The molecular formula is C13H14ClN3O3. The van der Waals surface area contributed by atoms with Crippen LogP contribution in [0.3, 0.4) is 0 Å². The van der Waals surface area contributed by atoms with Gasteiger partial charge in [0.25, 0.3) is 0 Å². The maximum Gasteiger partial charge on any atom is 0.311 e. The molecule has 6 nitrogen and oxygen atoms in total. The smallest absolute Gasteiger partial charge is 0.311 e. The van der Waals surface area contributed by atoms with Crippen molar-refractivity contribution < 1.29 is 9.66 Å². The summed E-state index contributed by atoms with van der Waals surface area (Å²) in [7, 11) is 1.89. The van der Waals surface area contributed by atoms with Crippen molar-refractivity contribution in [2.45, 2.75) is 12.3 Å². The van der Waals surface area contributed by atoms with Gasteiger partial charge in [0.05, 0.1) is 11.5 Å². The minimum Gasteiger partial charge on any atom is -0.486 e. The summed E-state index contributed by atoms with van der Waals surface area (Å²) in [5, 5.41) is 11.0. The summed E-state index contributed by atoms with van der Waals surface area (Å²) in [6.07, 6.45) is 4.12. The van der Waals surface area contributed by atoms with Crippen LogP contribution in [0.15, 0.2) is 30.6 Å². The Bertz CT molecular complexity index is 613. The molecule has 1 heterocycles. The lowest BCUT2D eigenvalue weighted by molar-refractivity contribution is -0.385. The molecule has 1 aromatic carbocycles. The molecule has 7 heteroatoms. The average Bonchev–Trinajstić information content (AvgIpc) is 2.84. The first-order valence-electron chi connectivity index (χ1n) is 6.04. The van der Waals surface area contributed by atoms with Crippen LogP contribution in [0.2, 0.25) is 0 Å². The molecule has 0 aliphatic rings. The van der Waals surface area contributed by atoms with Gasteiger partial charge in [-0.3, -0.25) is 10.1 Å². The summed E-state index contributed by atoms with van der Waals surface area (Å²) < 4.78 is 7.37. The summed E-state index contributed by atoms with van der Waals surface area (Å²) in [6, 6.07) is 4.73. The van der Waals surface area contributed by atoms with E-state index in [-0.39, 0.29) is 17.3 Å². The summed E-state index contributed by atoms with van der Waals surface area (Å²) in [5.41, 5.74) is 0.623. The van der Waals surface area contributed by atoms with E-state index in [1.807, 2.05) is 17.8 Å². The molecule has 0 radical (unpaired) electrons. The number of imidazole rings is 1. The first-order valence-corrected chi connectivity index (χ1v) is 6.57.